The lowest BCUT2D eigenvalue weighted by atomic mass is 10.1. The monoisotopic (exact) mass is 271 g/mol. The Bertz CT molecular complexity index is 429. The number of aryl methyl sites for hydroxylation is 1. The second kappa shape index (κ2) is 5.28. The van der Waals surface area contributed by atoms with Crippen LogP contribution < -0.4 is 5.32 Å². The third-order valence-electron chi connectivity index (χ3n) is 3.01. The quantitative estimate of drug-likeness (QED) is 0.836. The Balaban J connectivity index is 1.92. The molecule has 92 valence electrons. The normalized spacial score (nSPS) is 16.6. The van der Waals surface area contributed by atoms with Crippen LogP contribution in [0.15, 0.2) is 18.2 Å². The Kier molecular flexibility index (Phi) is 3.95. The van der Waals surface area contributed by atoms with Crippen LogP contribution in [0.4, 0.5) is 0 Å². The van der Waals surface area contributed by atoms with Gasteiger partial charge < -0.3 is 5.32 Å². The van der Waals surface area contributed by atoms with E-state index in [4.69, 9.17) is 23.2 Å². The van der Waals surface area contributed by atoms with E-state index >= 15 is 0 Å². The van der Waals surface area contributed by atoms with Crippen LogP contribution in [0.1, 0.15) is 28.8 Å². The van der Waals surface area contributed by atoms with Crippen LogP contribution in [0.25, 0.3) is 0 Å². The number of hydrogen-bond acceptors (Lipinski definition) is 1. The first-order valence-corrected chi connectivity index (χ1v) is 6.58. The summed E-state index contributed by atoms with van der Waals surface area (Å²) in [7, 11) is 0. The molecule has 0 aliphatic heterocycles. The minimum atomic E-state index is -0.0870. The molecule has 1 N–H and O–H groups in total. The Hall–Kier alpha value is -0.730. The molecule has 1 fully saturated rings. The number of rotatable bonds is 4. The van der Waals surface area contributed by atoms with Crippen molar-refractivity contribution in [3.8, 4) is 0 Å². The first-order valence-electron chi connectivity index (χ1n) is 5.76. The van der Waals surface area contributed by atoms with E-state index in [2.05, 4.69) is 5.32 Å². The molecule has 1 unspecified atom stereocenters. The van der Waals surface area contributed by atoms with Crippen LogP contribution in [0.5, 0.6) is 0 Å². The number of amides is 1. The maximum atomic E-state index is 11.8. The summed E-state index contributed by atoms with van der Waals surface area (Å²) in [5.41, 5.74) is 1.54. The molecule has 0 bridgehead atoms. The lowest BCUT2D eigenvalue weighted by molar-refractivity contribution is 0.0953. The van der Waals surface area contributed by atoms with Crippen LogP contribution in [-0.4, -0.2) is 17.8 Å². The lowest BCUT2D eigenvalue weighted by Gasteiger charge is -2.10. The highest BCUT2D eigenvalue weighted by Crippen LogP contribution is 2.35. The van der Waals surface area contributed by atoms with E-state index in [1.54, 1.807) is 18.2 Å². The van der Waals surface area contributed by atoms with Gasteiger partial charge in [-0.05, 0) is 49.4 Å². The molecule has 17 heavy (non-hydrogen) atoms. The summed E-state index contributed by atoms with van der Waals surface area (Å²) in [6, 6.07) is 5.26. The van der Waals surface area contributed by atoms with Crippen molar-refractivity contribution in [2.24, 2.45) is 5.92 Å². The summed E-state index contributed by atoms with van der Waals surface area (Å²) in [4.78, 5) is 11.8. The molecular formula is C13H15Cl2NO. The van der Waals surface area contributed by atoms with Crippen molar-refractivity contribution in [3.63, 3.8) is 0 Å². The van der Waals surface area contributed by atoms with E-state index in [1.807, 2.05) is 6.92 Å². The zero-order chi connectivity index (χ0) is 12.4. The minimum absolute atomic E-state index is 0.0624. The number of carbonyl (C=O) groups excluding carboxylic acids is 1. The third-order valence-corrected chi connectivity index (χ3v) is 3.95. The predicted molar refractivity (Wildman–Crippen MR) is 70.9 cm³/mol. The van der Waals surface area contributed by atoms with Gasteiger partial charge in [-0.2, -0.15) is 0 Å². The van der Waals surface area contributed by atoms with Gasteiger partial charge in [0, 0.05) is 17.1 Å². The zero-order valence-corrected chi connectivity index (χ0v) is 11.2. The van der Waals surface area contributed by atoms with Gasteiger partial charge in [-0.1, -0.05) is 11.6 Å². The highest BCUT2D eigenvalue weighted by Gasteiger charge is 2.29. The maximum absolute atomic E-state index is 11.8. The molecule has 0 spiro atoms. The van der Waals surface area contributed by atoms with Crippen molar-refractivity contribution in [2.45, 2.75) is 25.1 Å². The molecule has 4 heteroatoms. The molecule has 1 aromatic carbocycles. The number of benzene rings is 1. The van der Waals surface area contributed by atoms with Gasteiger partial charge >= 0.3 is 0 Å². The smallest absolute Gasteiger partial charge is 0.251 e. The van der Waals surface area contributed by atoms with Gasteiger partial charge in [0.25, 0.3) is 5.91 Å². The molecule has 1 aromatic rings. The molecule has 1 atom stereocenters. The van der Waals surface area contributed by atoms with Gasteiger partial charge in [0.15, 0.2) is 0 Å². The fourth-order valence-electron chi connectivity index (χ4n) is 1.70. The van der Waals surface area contributed by atoms with Crippen molar-refractivity contribution in [1.82, 2.24) is 5.32 Å². The average molecular weight is 272 g/mol. The fourth-order valence-corrected chi connectivity index (χ4v) is 2.15. The van der Waals surface area contributed by atoms with Crippen LogP contribution in [0.2, 0.25) is 5.02 Å². The molecule has 1 aliphatic carbocycles. The largest absolute Gasteiger partial charge is 0.351 e. The summed E-state index contributed by atoms with van der Waals surface area (Å²) >= 11 is 12.0. The van der Waals surface area contributed by atoms with Crippen LogP contribution >= 0.6 is 23.2 Å². The van der Waals surface area contributed by atoms with E-state index in [1.165, 1.54) is 12.8 Å². The van der Waals surface area contributed by atoms with E-state index in [0.717, 1.165) is 5.56 Å². The summed E-state index contributed by atoms with van der Waals surface area (Å²) in [6.45, 7) is 2.42. The Morgan fingerprint density at radius 2 is 2.24 bits per heavy atom. The number of hydrogen-bond donors (Lipinski definition) is 1. The van der Waals surface area contributed by atoms with Crippen molar-refractivity contribution < 1.29 is 4.79 Å². The molecule has 1 amide bonds. The minimum Gasteiger partial charge on any atom is -0.351 e. The molecule has 1 aliphatic rings. The number of carbonyl (C=O) groups is 1. The third kappa shape index (κ3) is 3.36. The number of nitrogens with one attached hydrogen (secondary N) is 1. The van der Waals surface area contributed by atoms with Crippen molar-refractivity contribution in [2.75, 3.05) is 6.54 Å². The van der Waals surface area contributed by atoms with Gasteiger partial charge in [-0.3, -0.25) is 4.79 Å². The van der Waals surface area contributed by atoms with Crippen molar-refractivity contribution in [3.05, 3.63) is 34.3 Å². The molecule has 2 rings (SSSR count). The summed E-state index contributed by atoms with van der Waals surface area (Å²) < 4.78 is 0. The lowest BCUT2D eigenvalue weighted by Crippen LogP contribution is -2.30. The van der Waals surface area contributed by atoms with Gasteiger partial charge in [0.2, 0.25) is 0 Å². The van der Waals surface area contributed by atoms with E-state index in [0.29, 0.717) is 23.0 Å². The highest BCUT2D eigenvalue weighted by molar-refractivity contribution is 6.31. The fraction of sp³-hybridized carbons (Fsp3) is 0.462. The standard InChI is InChI=1S/C13H15Cl2NO/c1-8-6-10(4-5-11(8)14)13(17)16-7-12(15)9-2-3-9/h4-6,9,12H,2-3,7H2,1H3,(H,16,17). The summed E-state index contributed by atoms with van der Waals surface area (Å²) in [6.07, 6.45) is 2.37. The zero-order valence-electron chi connectivity index (χ0n) is 9.67. The Morgan fingerprint density at radius 3 is 2.82 bits per heavy atom. The number of alkyl halides is 1. The first-order chi connectivity index (χ1) is 8.08. The first kappa shape index (κ1) is 12.7. The van der Waals surface area contributed by atoms with E-state index < -0.39 is 0 Å². The number of halogens is 2. The van der Waals surface area contributed by atoms with Gasteiger partial charge in [-0.25, -0.2) is 0 Å². The molecule has 2 nitrogen and oxygen atoms in total. The second-order valence-corrected chi connectivity index (χ2v) is 5.50. The van der Waals surface area contributed by atoms with Crippen LogP contribution in [-0.2, 0) is 0 Å². The Morgan fingerprint density at radius 1 is 1.53 bits per heavy atom. The predicted octanol–water partition coefficient (Wildman–Crippen LogP) is 3.40. The second-order valence-electron chi connectivity index (χ2n) is 4.53. The van der Waals surface area contributed by atoms with Crippen molar-refractivity contribution >= 4 is 29.1 Å². The van der Waals surface area contributed by atoms with Crippen LogP contribution in [0.3, 0.4) is 0 Å². The van der Waals surface area contributed by atoms with Crippen molar-refractivity contribution in [1.29, 1.82) is 0 Å². The van der Waals surface area contributed by atoms with E-state index in [-0.39, 0.29) is 11.3 Å². The molecule has 0 radical (unpaired) electrons. The van der Waals surface area contributed by atoms with Crippen LogP contribution in [0, 0.1) is 12.8 Å². The average Bonchev–Trinajstić information content (AvgIpc) is 3.13. The van der Waals surface area contributed by atoms with Gasteiger partial charge in [-0.15, -0.1) is 11.6 Å². The Labute approximate surface area is 111 Å². The molecule has 0 heterocycles. The summed E-state index contributed by atoms with van der Waals surface area (Å²) in [5, 5.41) is 3.59. The SMILES string of the molecule is Cc1cc(C(=O)NCC(Cl)C2CC2)ccc1Cl. The topological polar surface area (TPSA) is 29.1 Å². The maximum Gasteiger partial charge on any atom is 0.251 e. The van der Waals surface area contributed by atoms with Gasteiger partial charge in [0.1, 0.15) is 0 Å². The molecule has 0 saturated heterocycles. The van der Waals surface area contributed by atoms with E-state index in [9.17, 15) is 4.79 Å². The van der Waals surface area contributed by atoms with Gasteiger partial charge in [0.05, 0.1) is 5.38 Å². The molecule has 1 saturated carbocycles. The highest BCUT2D eigenvalue weighted by atomic mass is 35.5. The molecular weight excluding hydrogens is 257 g/mol. The molecule has 0 aromatic heterocycles. The summed E-state index contributed by atoms with van der Waals surface area (Å²) in [5.74, 6) is 0.500.